The Morgan fingerprint density at radius 3 is 2.86 bits per heavy atom. The highest BCUT2D eigenvalue weighted by Crippen LogP contribution is 2.31. The summed E-state index contributed by atoms with van der Waals surface area (Å²) in [5, 5.41) is 13.2. The number of aromatic amines is 1. The number of rotatable bonds is 4. The van der Waals surface area contributed by atoms with Crippen molar-refractivity contribution in [2.24, 2.45) is 7.05 Å². The number of aryl methyl sites for hydroxylation is 2. The molecule has 9 heteroatoms. The molecule has 8 nitrogen and oxygen atoms in total. The van der Waals surface area contributed by atoms with E-state index in [1.54, 1.807) is 23.7 Å². The Labute approximate surface area is 163 Å². The number of hydrogen-bond donors (Lipinski definition) is 1. The van der Waals surface area contributed by atoms with E-state index in [4.69, 9.17) is 4.98 Å². The average molecular weight is 391 g/mol. The van der Waals surface area contributed by atoms with Crippen molar-refractivity contribution in [3.05, 3.63) is 69.1 Å². The molecule has 0 aromatic carbocycles. The highest BCUT2D eigenvalue weighted by atomic mass is 32.1. The number of hydrogen-bond acceptors (Lipinski definition) is 6. The molecule has 0 atom stereocenters. The summed E-state index contributed by atoms with van der Waals surface area (Å²) in [7, 11) is 1.87. The molecule has 0 aliphatic rings. The van der Waals surface area contributed by atoms with Crippen LogP contribution in [0.5, 0.6) is 0 Å². The van der Waals surface area contributed by atoms with Gasteiger partial charge in [-0.1, -0.05) is 6.07 Å². The molecule has 0 amide bonds. The molecule has 5 aromatic rings. The van der Waals surface area contributed by atoms with Crippen molar-refractivity contribution >= 4 is 32.6 Å². The summed E-state index contributed by atoms with van der Waals surface area (Å²) in [6.07, 6.45) is 4.22. The van der Waals surface area contributed by atoms with Crippen LogP contribution in [0.4, 0.5) is 0 Å². The molecule has 0 fully saturated rings. The van der Waals surface area contributed by atoms with Gasteiger partial charge in [-0.05, 0) is 25.1 Å². The molecule has 140 valence electrons. The molecular weight excluding hydrogens is 374 g/mol. The fourth-order valence-electron chi connectivity index (χ4n) is 3.41. The molecule has 5 heterocycles. The van der Waals surface area contributed by atoms with Gasteiger partial charge >= 0.3 is 0 Å². The predicted molar refractivity (Wildman–Crippen MR) is 108 cm³/mol. The van der Waals surface area contributed by atoms with Crippen molar-refractivity contribution in [2.75, 3.05) is 0 Å². The largest absolute Gasteiger partial charge is 0.323 e. The van der Waals surface area contributed by atoms with Crippen LogP contribution in [0, 0.1) is 6.92 Å². The highest BCUT2D eigenvalue weighted by molar-refractivity contribution is 7.19. The molecule has 0 aliphatic carbocycles. The van der Waals surface area contributed by atoms with Gasteiger partial charge < -0.3 is 4.57 Å². The van der Waals surface area contributed by atoms with Crippen LogP contribution >= 0.6 is 11.3 Å². The number of nitrogens with zero attached hydrogens (tertiary/aromatic N) is 6. The molecule has 1 N–H and O–H groups in total. The van der Waals surface area contributed by atoms with Crippen LogP contribution in [-0.2, 0) is 20.0 Å². The summed E-state index contributed by atoms with van der Waals surface area (Å²) in [6, 6.07) is 7.70. The van der Waals surface area contributed by atoms with Crippen molar-refractivity contribution in [3.63, 3.8) is 0 Å². The van der Waals surface area contributed by atoms with Crippen LogP contribution in [0.1, 0.15) is 22.1 Å². The minimum Gasteiger partial charge on any atom is -0.323 e. The third-order valence-electron chi connectivity index (χ3n) is 4.72. The summed E-state index contributed by atoms with van der Waals surface area (Å²) in [6.45, 7) is 2.27. The Kier molecular flexibility index (Phi) is 3.83. The Morgan fingerprint density at radius 2 is 2.07 bits per heavy atom. The number of pyridine rings is 1. The average Bonchev–Trinajstić information content (AvgIpc) is 3.37. The fraction of sp³-hybridized carbons (Fsp3) is 0.211. The van der Waals surface area contributed by atoms with Gasteiger partial charge in [0.1, 0.15) is 10.5 Å². The van der Waals surface area contributed by atoms with E-state index in [9.17, 15) is 4.79 Å². The van der Waals surface area contributed by atoms with E-state index in [0.717, 1.165) is 37.8 Å². The number of fused-ring (bicyclic) bond motifs is 3. The van der Waals surface area contributed by atoms with Gasteiger partial charge in [-0.25, -0.2) is 9.67 Å². The molecule has 0 saturated heterocycles. The summed E-state index contributed by atoms with van der Waals surface area (Å²) in [5.74, 6) is 0. The molecule has 0 bridgehead atoms. The Balaban J connectivity index is 1.59. The first kappa shape index (κ1) is 16.8. The lowest BCUT2D eigenvalue weighted by Gasteiger charge is -2.06. The van der Waals surface area contributed by atoms with Gasteiger partial charge in [0.05, 0.1) is 28.8 Å². The number of nitrogens with one attached hydrogen (secondary N) is 1. The lowest BCUT2D eigenvalue weighted by molar-refractivity contribution is 0.631. The van der Waals surface area contributed by atoms with Gasteiger partial charge in [-0.2, -0.15) is 10.2 Å². The van der Waals surface area contributed by atoms with Crippen LogP contribution < -0.4 is 5.56 Å². The maximum Gasteiger partial charge on any atom is 0.291 e. The molecule has 0 radical (unpaired) electrons. The summed E-state index contributed by atoms with van der Waals surface area (Å²) < 4.78 is 4.30. The first-order chi connectivity index (χ1) is 13.6. The quantitative estimate of drug-likeness (QED) is 0.508. The zero-order chi connectivity index (χ0) is 19.3. The van der Waals surface area contributed by atoms with Crippen LogP contribution in [0.3, 0.4) is 0 Å². The van der Waals surface area contributed by atoms with E-state index in [2.05, 4.69) is 20.3 Å². The minimum atomic E-state index is -0.137. The van der Waals surface area contributed by atoms with Crippen molar-refractivity contribution in [1.29, 1.82) is 0 Å². The van der Waals surface area contributed by atoms with Crippen LogP contribution in [0.25, 0.3) is 21.3 Å². The smallest absolute Gasteiger partial charge is 0.291 e. The monoisotopic (exact) mass is 391 g/mol. The van der Waals surface area contributed by atoms with Gasteiger partial charge in [0, 0.05) is 30.7 Å². The summed E-state index contributed by atoms with van der Waals surface area (Å²) in [5.41, 5.74) is 3.94. The number of aromatic nitrogens is 7. The summed E-state index contributed by atoms with van der Waals surface area (Å²) in [4.78, 5) is 22.3. The van der Waals surface area contributed by atoms with E-state index >= 15 is 0 Å². The van der Waals surface area contributed by atoms with Crippen molar-refractivity contribution in [1.82, 2.24) is 34.5 Å². The first-order valence-electron chi connectivity index (χ1n) is 8.85. The molecule has 5 aromatic heterocycles. The Hall–Kier alpha value is -3.33. The minimum absolute atomic E-state index is 0.137. The van der Waals surface area contributed by atoms with E-state index in [-0.39, 0.29) is 5.56 Å². The predicted octanol–water partition coefficient (Wildman–Crippen LogP) is 2.41. The maximum atomic E-state index is 13.1. The molecule has 0 saturated carbocycles. The highest BCUT2D eigenvalue weighted by Gasteiger charge is 2.18. The third-order valence-corrected chi connectivity index (χ3v) is 5.80. The SMILES string of the molecule is Cc1cccc(Cn2ncc3c4sc(Cc5cc[nH]n5)nc4n(C)c3c2=O)n1. The number of thiazole rings is 1. The van der Waals surface area contributed by atoms with E-state index < -0.39 is 0 Å². The van der Waals surface area contributed by atoms with Crippen molar-refractivity contribution < 1.29 is 0 Å². The number of H-pyrrole nitrogens is 1. The second kappa shape index (κ2) is 6.38. The van der Waals surface area contributed by atoms with Crippen molar-refractivity contribution in [3.8, 4) is 0 Å². The molecule has 0 unspecified atom stereocenters. The second-order valence-corrected chi connectivity index (χ2v) is 7.79. The van der Waals surface area contributed by atoms with E-state index in [0.29, 0.717) is 18.5 Å². The Morgan fingerprint density at radius 1 is 1.18 bits per heavy atom. The van der Waals surface area contributed by atoms with Gasteiger partial charge in [0.2, 0.25) is 0 Å². The molecule has 5 rings (SSSR count). The van der Waals surface area contributed by atoms with Crippen LogP contribution in [-0.4, -0.2) is 34.5 Å². The topological polar surface area (TPSA) is 94.3 Å². The van der Waals surface area contributed by atoms with Gasteiger partial charge in [-0.15, -0.1) is 11.3 Å². The van der Waals surface area contributed by atoms with Gasteiger partial charge in [-0.3, -0.25) is 14.9 Å². The fourth-order valence-corrected chi connectivity index (χ4v) is 4.53. The van der Waals surface area contributed by atoms with E-state index in [1.807, 2.05) is 42.8 Å². The van der Waals surface area contributed by atoms with Gasteiger partial charge in [0.15, 0.2) is 5.65 Å². The zero-order valence-electron chi connectivity index (χ0n) is 15.4. The third kappa shape index (κ3) is 2.71. The van der Waals surface area contributed by atoms with Crippen molar-refractivity contribution in [2.45, 2.75) is 19.9 Å². The lowest BCUT2D eigenvalue weighted by Crippen LogP contribution is -2.25. The normalized spacial score (nSPS) is 11.6. The first-order valence-corrected chi connectivity index (χ1v) is 9.67. The molecule has 0 spiro atoms. The van der Waals surface area contributed by atoms with Crippen LogP contribution in [0.15, 0.2) is 41.5 Å². The Bertz CT molecular complexity index is 1360. The standard InChI is InChI=1S/C19H17N7OS/c1-11-4-3-5-13(22-11)10-26-19(27)16-14(9-21-26)17-18(25(16)2)23-15(28-17)8-12-6-7-20-24-12/h3-7,9H,8,10H2,1-2H3,(H,20,24). The van der Waals surface area contributed by atoms with E-state index in [1.165, 1.54) is 4.68 Å². The second-order valence-electron chi connectivity index (χ2n) is 6.70. The maximum absolute atomic E-state index is 13.1. The lowest BCUT2D eigenvalue weighted by atomic mass is 10.3. The van der Waals surface area contributed by atoms with Gasteiger partial charge in [0.25, 0.3) is 5.56 Å². The van der Waals surface area contributed by atoms with Crippen LogP contribution in [0.2, 0.25) is 0 Å². The molecule has 0 aliphatic heterocycles. The summed E-state index contributed by atoms with van der Waals surface area (Å²) >= 11 is 1.58. The molecular formula is C19H17N7OS. The zero-order valence-corrected chi connectivity index (χ0v) is 16.2. The molecule has 28 heavy (non-hydrogen) atoms.